The number of hydrogen-bond donors (Lipinski definition) is 2. The molecule has 1 aliphatic heterocycles. The monoisotopic (exact) mass is 451 g/mol. The van der Waals surface area contributed by atoms with Crippen LogP contribution in [0.4, 0.5) is 20.6 Å². The average Bonchev–Trinajstić information content (AvgIpc) is 2.74. The lowest BCUT2D eigenvalue weighted by molar-refractivity contribution is -0.138. The Labute approximate surface area is 186 Å². The van der Waals surface area contributed by atoms with Crippen LogP contribution < -0.4 is 10.6 Å². The van der Waals surface area contributed by atoms with Crippen LogP contribution in [0.5, 0.6) is 0 Å². The number of likely N-dealkylation sites (tertiary alicyclic amines) is 1. The number of benzene rings is 1. The summed E-state index contributed by atoms with van der Waals surface area (Å²) in [5, 5.41) is 5.89. The summed E-state index contributed by atoms with van der Waals surface area (Å²) in [5.41, 5.74) is -0.384. The summed E-state index contributed by atoms with van der Waals surface area (Å²) in [6, 6.07) is 4.21. The standard InChI is InChI=1S/C22H30FN3O6/c1-22(2,3)32-21(29)26-11-9-14(10-12-26)24-19-15(23)7-6-8-16(19)25-17(20(28)31-5)13-18(27)30-4/h6-8,13-14,24-25H,9-12H2,1-5H3/b17-13+. The molecular formula is C22H30FN3O6. The SMILES string of the molecule is COC(=O)/C=C(/Nc1cccc(F)c1NC1CCN(C(=O)OC(C)(C)C)CC1)C(=O)OC. The average molecular weight is 451 g/mol. The molecule has 10 heteroatoms. The highest BCUT2D eigenvalue weighted by Gasteiger charge is 2.27. The number of nitrogens with one attached hydrogen (secondary N) is 2. The molecular weight excluding hydrogens is 421 g/mol. The number of methoxy groups -OCH3 is 2. The molecule has 0 aliphatic carbocycles. The molecule has 0 bridgehead atoms. The fourth-order valence-corrected chi connectivity index (χ4v) is 3.09. The van der Waals surface area contributed by atoms with Gasteiger partial charge in [0, 0.05) is 19.1 Å². The Kier molecular flexibility index (Phi) is 8.45. The van der Waals surface area contributed by atoms with E-state index in [9.17, 15) is 18.8 Å². The number of rotatable bonds is 6. The number of halogens is 1. The van der Waals surface area contributed by atoms with Crippen LogP contribution >= 0.6 is 0 Å². The molecule has 0 aromatic heterocycles. The normalized spacial score (nSPS) is 15.1. The number of nitrogens with zero attached hydrogens (tertiary/aromatic N) is 1. The van der Waals surface area contributed by atoms with Gasteiger partial charge < -0.3 is 29.7 Å². The van der Waals surface area contributed by atoms with Crippen LogP contribution in [0.3, 0.4) is 0 Å². The van der Waals surface area contributed by atoms with Gasteiger partial charge in [0.25, 0.3) is 0 Å². The Balaban J connectivity index is 2.12. The van der Waals surface area contributed by atoms with Crippen molar-refractivity contribution in [2.24, 2.45) is 0 Å². The van der Waals surface area contributed by atoms with Crippen molar-refractivity contribution in [3.05, 3.63) is 35.8 Å². The quantitative estimate of drug-likeness (QED) is 0.386. The minimum absolute atomic E-state index is 0.114. The molecule has 1 amide bonds. The fourth-order valence-electron chi connectivity index (χ4n) is 3.09. The first-order valence-electron chi connectivity index (χ1n) is 10.2. The number of carbonyl (C=O) groups is 3. The first-order valence-corrected chi connectivity index (χ1v) is 10.2. The Morgan fingerprint density at radius 3 is 2.34 bits per heavy atom. The van der Waals surface area contributed by atoms with E-state index in [-0.39, 0.29) is 29.2 Å². The lowest BCUT2D eigenvalue weighted by Crippen LogP contribution is -2.44. The predicted octanol–water partition coefficient (Wildman–Crippen LogP) is 3.28. The molecule has 0 saturated carbocycles. The first-order chi connectivity index (χ1) is 15.0. The van der Waals surface area contributed by atoms with Crippen molar-refractivity contribution < 1.29 is 33.0 Å². The van der Waals surface area contributed by atoms with Gasteiger partial charge >= 0.3 is 18.0 Å². The molecule has 0 radical (unpaired) electrons. The third-order valence-corrected chi connectivity index (χ3v) is 4.65. The van der Waals surface area contributed by atoms with E-state index in [0.717, 1.165) is 13.2 Å². The highest BCUT2D eigenvalue weighted by molar-refractivity contribution is 5.99. The Morgan fingerprint density at radius 2 is 1.78 bits per heavy atom. The fraction of sp³-hybridized carbons (Fsp3) is 0.500. The molecule has 1 aliphatic rings. The van der Waals surface area contributed by atoms with Crippen LogP contribution in [-0.2, 0) is 23.8 Å². The van der Waals surface area contributed by atoms with Crippen molar-refractivity contribution in [1.82, 2.24) is 4.90 Å². The largest absolute Gasteiger partial charge is 0.466 e. The molecule has 32 heavy (non-hydrogen) atoms. The van der Waals surface area contributed by atoms with E-state index >= 15 is 0 Å². The number of esters is 2. The second-order valence-electron chi connectivity index (χ2n) is 8.25. The Bertz CT molecular complexity index is 873. The van der Waals surface area contributed by atoms with Crippen LogP contribution in [0.2, 0.25) is 0 Å². The van der Waals surface area contributed by atoms with Crippen LogP contribution in [-0.4, -0.2) is 61.9 Å². The molecule has 1 aromatic rings. The minimum atomic E-state index is -0.809. The van der Waals surface area contributed by atoms with Crippen molar-refractivity contribution in [1.29, 1.82) is 0 Å². The third kappa shape index (κ3) is 7.14. The Hall–Kier alpha value is -3.30. The molecule has 0 atom stereocenters. The second kappa shape index (κ2) is 10.8. The van der Waals surface area contributed by atoms with E-state index in [2.05, 4.69) is 20.1 Å². The summed E-state index contributed by atoms with van der Waals surface area (Å²) in [7, 11) is 2.34. The van der Waals surface area contributed by atoms with Gasteiger partial charge in [0.2, 0.25) is 0 Å². The van der Waals surface area contributed by atoms with Crippen molar-refractivity contribution in [2.75, 3.05) is 37.9 Å². The van der Waals surface area contributed by atoms with E-state index < -0.39 is 23.4 Å². The van der Waals surface area contributed by atoms with Crippen LogP contribution in [0, 0.1) is 5.82 Å². The number of ether oxygens (including phenoxy) is 3. The van der Waals surface area contributed by atoms with Crippen LogP contribution in [0.1, 0.15) is 33.6 Å². The number of amides is 1. The van der Waals surface area contributed by atoms with Gasteiger partial charge in [-0.2, -0.15) is 0 Å². The lowest BCUT2D eigenvalue weighted by Gasteiger charge is -2.34. The Morgan fingerprint density at radius 1 is 1.12 bits per heavy atom. The zero-order valence-corrected chi connectivity index (χ0v) is 19.0. The summed E-state index contributed by atoms with van der Waals surface area (Å²) in [5.74, 6) is -2.11. The van der Waals surface area contributed by atoms with Crippen molar-refractivity contribution >= 4 is 29.4 Å². The van der Waals surface area contributed by atoms with Gasteiger partial charge in [-0.1, -0.05) is 6.07 Å². The van der Waals surface area contributed by atoms with Crippen molar-refractivity contribution in [3.8, 4) is 0 Å². The second-order valence-corrected chi connectivity index (χ2v) is 8.25. The predicted molar refractivity (Wildman–Crippen MR) is 117 cm³/mol. The highest BCUT2D eigenvalue weighted by atomic mass is 19.1. The van der Waals surface area contributed by atoms with Gasteiger partial charge in [-0.15, -0.1) is 0 Å². The summed E-state index contributed by atoms with van der Waals surface area (Å²) in [6.45, 7) is 6.34. The van der Waals surface area contributed by atoms with Gasteiger partial charge in [0.05, 0.1) is 31.7 Å². The molecule has 0 spiro atoms. The van der Waals surface area contributed by atoms with Gasteiger partial charge in [-0.25, -0.2) is 18.8 Å². The molecule has 9 nitrogen and oxygen atoms in total. The zero-order valence-electron chi connectivity index (χ0n) is 19.0. The summed E-state index contributed by atoms with van der Waals surface area (Å²) >= 11 is 0. The van der Waals surface area contributed by atoms with Crippen molar-refractivity contribution in [2.45, 2.75) is 45.3 Å². The molecule has 1 fully saturated rings. The lowest BCUT2D eigenvalue weighted by atomic mass is 10.0. The number of anilines is 2. The van der Waals surface area contributed by atoms with Crippen LogP contribution in [0.25, 0.3) is 0 Å². The van der Waals surface area contributed by atoms with Gasteiger partial charge in [-0.05, 0) is 45.7 Å². The van der Waals surface area contributed by atoms with Crippen molar-refractivity contribution in [3.63, 3.8) is 0 Å². The summed E-state index contributed by atoms with van der Waals surface area (Å²) in [6.07, 6.45) is 1.71. The first kappa shape index (κ1) is 25.0. The number of para-hydroxylation sites is 1. The number of piperidine rings is 1. The van der Waals surface area contributed by atoms with E-state index in [1.165, 1.54) is 19.2 Å². The maximum Gasteiger partial charge on any atom is 0.410 e. The van der Waals surface area contributed by atoms with Crippen LogP contribution in [0.15, 0.2) is 30.0 Å². The molecule has 0 unspecified atom stereocenters. The molecule has 1 heterocycles. The molecule has 1 saturated heterocycles. The summed E-state index contributed by atoms with van der Waals surface area (Å²) < 4.78 is 29.3. The zero-order chi connectivity index (χ0) is 23.9. The maximum atomic E-state index is 14.6. The molecule has 2 rings (SSSR count). The molecule has 2 N–H and O–H groups in total. The molecule has 1 aromatic carbocycles. The third-order valence-electron chi connectivity index (χ3n) is 4.65. The number of carbonyl (C=O) groups excluding carboxylic acids is 3. The van der Waals surface area contributed by atoms with E-state index in [4.69, 9.17) is 4.74 Å². The highest BCUT2D eigenvalue weighted by Crippen LogP contribution is 2.29. The van der Waals surface area contributed by atoms with E-state index in [1.54, 1.807) is 11.0 Å². The van der Waals surface area contributed by atoms with Gasteiger partial charge in [-0.3, -0.25) is 0 Å². The summed E-state index contributed by atoms with van der Waals surface area (Å²) in [4.78, 5) is 37.5. The van der Waals surface area contributed by atoms with E-state index in [0.29, 0.717) is 25.9 Å². The molecule has 176 valence electrons. The topological polar surface area (TPSA) is 106 Å². The van der Waals surface area contributed by atoms with Gasteiger partial charge in [0.1, 0.15) is 17.1 Å². The maximum absolute atomic E-state index is 14.6. The smallest absolute Gasteiger partial charge is 0.410 e. The minimum Gasteiger partial charge on any atom is -0.466 e. The number of hydrogen-bond acceptors (Lipinski definition) is 8. The van der Waals surface area contributed by atoms with Gasteiger partial charge in [0.15, 0.2) is 0 Å². The van der Waals surface area contributed by atoms with E-state index in [1.807, 2.05) is 20.8 Å².